The molecule has 1 atom stereocenters. The van der Waals surface area contributed by atoms with Gasteiger partial charge in [0.1, 0.15) is 0 Å². The van der Waals surface area contributed by atoms with E-state index in [2.05, 4.69) is 10.6 Å². The van der Waals surface area contributed by atoms with E-state index in [1.807, 2.05) is 31.2 Å². The lowest BCUT2D eigenvalue weighted by Crippen LogP contribution is -2.38. The molecule has 0 saturated carbocycles. The number of primary amides is 1. The summed E-state index contributed by atoms with van der Waals surface area (Å²) in [5, 5.41) is 14.3. The first-order valence-electron chi connectivity index (χ1n) is 7.75. The highest BCUT2D eigenvalue weighted by molar-refractivity contribution is 5.79. The van der Waals surface area contributed by atoms with Gasteiger partial charge < -0.3 is 21.5 Å². The van der Waals surface area contributed by atoms with Crippen LogP contribution in [0.4, 0.5) is 4.79 Å². The smallest absolute Gasteiger partial charge is 0.312 e. The zero-order chi connectivity index (χ0) is 18.3. The van der Waals surface area contributed by atoms with Crippen LogP contribution in [0.2, 0.25) is 0 Å². The molecule has 132 valence electrons. The van der Waals surface area contributed by atoms with Gasteiger partial charge in [-0.05, 0) is 38.3 Å². The molecule has 1 unspecified atom stereocenters. The Hall–Kier alpha value is -2.57. The monoisotopic (exact) mass is 335 g/mol. The predicted octanol–water partition coefficient (Wildman–Crippen LogP) is 1.71. The molecule has 7 heteroatoms. The van der Waals surface area contributed by atoms with Crippen molar-refractivity contribution in [2.45, 2.75) is 39.7 Å². The topological polar surface area (TPSA) is 122 Å². The van der Waals surface area contributed by atoms with E-state index in [0.717, 1.165) is 11.1 Å². The molecule has 0 aromatic heterocycles. The highest BCUT2D eigenvalue weighted by Gasteiger charge is 2.27. The summed E-state index contributed by atoms with van der Waals surface area (Å²) in [5.74, 6) is -1.19. The third kappa shape index (κ3) is 5.91. The number of carbonyl (C=O) groups is 3. The van der Waals surface area contributed by atoms with Crippen molar-refractivity contribution in [1.29, 1.82) is 0 Å². The first kappa shape index (κ1) is 19.5. The molecular formula is C17H25N3O4. The Kier molecular flexibility index (Phi) is 6.76. The molecule has 0 heterocycles. The van der Waals surface area contributed by atoms with Gasteiger partial charge >= 0.3 is 12.0 Å². The van der Waals surface area contributed by atoms with Crippen LogP contribution in [0.25, 0.3) is 0 Å². The molecule has 0 saturated heterocycles. The Balaban J connectivity index is 2.67. The fourth-order valence-electron chi connectivity index (χ4n) is 2.27. The van der Waals surface area contributed by atoms with Gasteiger partial charge in [0.25, 0.3) is 0 Å². The van der Waals surface area contributed by atoms with Gasteiger partial charge in [-0.15, -0.1) is 0 Å². The molecule has 0 radical (unpaired) electrons. The van der Waals surface area contributed by atoms with Crippen LogP contribution in [0.15, 0.2) is 24.3 Å². The molecule has 1 aromatic carbocycles. The quantitative estimate of drug-likeness (QED) is 0.577. The number of aliphatic carboxylic acids is 1. The summed E-state index contributed by atoms with van der Waals surface area (Å²) in [6.45, 7) is 5.34. The summed E-state index contributed by atoms with van der Waals surface area (Å²) in [7, 11) is 0. The summed E-state index contributed by atoms with van der Waals surface area (Å²) in [6.07, 6.45) is 0.341. The summed E-state index contributed by atoms with van der Waals surface area (Å²) < 4.78 is 0. The lowest BCUT2D eigenvalue weighted by molar-refractivity contribution is -0.147. The third-order valence-corrected chi connectivity index (χ3v) is 3.92. The standard InChI is InChI=1S/C17H25N3O4/c1-11-6-4-5-7-12(11)13(20-16(18)24)10-14(21)19-9-8-17(2,3)15(22)23/h4-7,13H,8-10H2,1-3H3,(H,19,21)(H,22,23)(H3,18,20,24). The number of nitrogens with two attached hydrogens (primary N) is 1. The highest BCUT2D eigenvalue weighted by atomic mass is 16.4. The second-order valence-corrected chi connectivity index (χ2v) is 6.41. The molecule has 7 nitrogen and oxygen atoms in total. The molecule has 0 aliphatic heterocycles. The second-order valence-electron chi connectivity index (χ2n) is 6.41. The Morgan fingerprint density at radius 3 is 2.42 bits per heavy atom. The molecule has 1 aromatic rings. The summed E-state index contributed by atoms with van der Waals surface area (Å²) in [5.41, 5.74) is 6.05. The van der Waals surface area contributed by atoms with E-state index in [1.54, 1.807) is 13.8 Å². The van der Waals surface area contributed by atoms with Gasteiger partial charge in [-0.2, -0.15) is 0 Å². The number of amides is 3. The van der Waals surface area contributed by atoms with Gasteiger partial charge in [-0.25, -0.2) is 4.79 Å². The van der Waals surface area contributed by atoms with Crippen LogP contribution in [0.5, 0.6) is 0 Å². The number of hydrogen-bond donors (Lipinski definition) is 4. The van der Waals surface area contributed by atoms with Gasteiger partial charge in [0.05, 0.1) is 17.9 Å². The lowest BCUT2D eigenvalue weighted by Gasteiger charge is -2.21. The number of nitrogens with one attached hydrogen (secondary N) is 2. The number of carboxylic acids is 1. The zero-order valence-corrected chi connectivity index (χ0v) is 14.3. The van der Waals surface area contributed by atoms with Crippen molar-refractivity contribution >= 4 is 17.9 Å². The van der Waals surface area contributed by atoms with Gasteiger partial charge in [0, 0.05) is 6.54 Å². The maximum atomic E-state index is 12.1. The first-order valence-corrected chi connectivity index (χ1v) is 7.75. The van der Waals surface area contributed by atoms with Crippen molar-refractivity contribution in [3.8, 4) is 0 Å². The van der Waals surface area contributed by atoms with Crippen LogP contribution < -0.4 is 16.4 Å². The minimum atomic E-state index is -0.912. The van der Waals surface area contributed by atoms with Crippen LogP contribution >= 0.6 is 0 Å². The Bertz CT molecular complexity index is 614. The molecule has 0 bridgehead atoms. The van der Waals surface area contributed by atoms with E-state index in [9.17, 15) is 14.4 Å². The Morgan fingerprint density at radius 2 is 1.88 bits per heavy atom. The van der Waals surface area contributed by atoms with Gasteiger partial charge in [-0.1, -0.05) is 24.3 Å². The normalized spacial score (nSPS) is 12.3. The summed E-state index contributed by atoms with van der Waals surface area (Å²) in [6, 6.07) is 6.17. The first-order chi connectivity index (χ1) is 11.1. The van der Waals surface area contributed by atoms with Crippen LogP contribution in [0.1, 0.15) is 43.9 Å². The maximum Gasteiger partial charge on any atom is 0.312 e. The molecule has 0 aliphatic rings. The predicted molar refractivity (Wildman–Crippen MR) is 90.3 cm³/mol. The van der Waals surface area contributed by atoms with Crippen LogP contribution in [-0.4, -0.2) is 29.6 Å². The molecular weight excluding hydrogens is 310 g/mol. The molecule has 0 aliphatic carbocycles. The minimum Gasteiger partial charge on any atom is -0.481 e. The number of carbonyl (C=O) groups excluding carboxylic acids is 2. The van der Waals surface area contributed by atoms with Crippen LogP contribution in [-0.2, 0) is 9.59 Å². The third-order valence-electron chi connectivity index (χ3n) is 3.92. The van der Waals surface area contributed by atoms with Crippen molar-refractivity contribution in [3.63, 3.8) is 0 Å². The molecule has 3 amide bonds. The largest absolute Gasteiger partial charge is 0.481 e. The number of carboxylic acid groups (broad SMARTS) is 1. The highest BCUT2D eigenvalue weighted by Crippen LogP contribution is 2.21. The van der Waals surface area contributed by atoms with E-state index >= 15 is 0 Å². The van der Waals surface area contributed by atoms with Crippen molar-refractivity contribution in [3.05, 3.63) is 35.4 Å². The van der Waals surface area contributed by atoms with Gasteiger partial charge in [-0.3, -0.25) is 9.59 Å². The molecule has 5 N–H and O–H groups in total. The van der Waals surface area contributed by atoms with E-state index < -0.39 is 23.5 Å². The van der Waals surface area contributed by atoms with Crippen LogP contribution in [0.3, 0.4) is 0 Å². The van der Waals surface area contributed by atoms with Crippen molar-refractivity contribution in [1.82, 2.24) is 10.6 Å². The number of hydrogen-bond acceptors (Lipinski definition) is 3. The van der Waals surface area contributed by atoms with Crippen LogP contribution in [0, 0.1) is 12.3 Å². The van der Waals surface area contributed by atoms with E-state index in [-0.39, 0.29) is 18.9 Å². The summed E-state index contributed by atoms with van der Waals surface area (Å²) >= 11 is 0. The molecule has 0 spiro atoms. The number of urea groups is 1. The van der Waals surface area contributed by atoms with Crippen molar-refractivity contribution in [2.75, 3.05) is 6.54 Å². The fourth-order valence-corrected chi connectivity index (χ4v) is 2.27. The second kappa shape index (κ2) is 8.33. The molecule has 1 rings (SSSR count). The Labute approximate surface area is 141 Å². The van der Waals surface area contributed by atoms with Gasteiger partial charge in [0.15, 0.2) is 0 Å². The van der Waals surface area contributed by atoms with E-state index in [1.165, 1.54) is 0 Å². The SMILES string of the molecule is Cc1ccccc1C(CC(=O)NCCC(C)(C)C(=O)O)NC(N)=O. The fraction of sp³-hybridized carbons (Fsp3) is 0.471. The average molecular weight is 335 g/mol. The van der Waals surface area contributed by atoms with E-state index in [4.69, 9.17) is 10.8 Å². The van der Waals surface area contributed by atoms with Crippen molar-refractivity contribution in [2.24, 2.45) is 11.1 Å². The number of benzene rings is 1. The number of aryl methyl sites for hydroxylation is 1. The average Bonchev–Trinajstić information content (AvgIpc) is 2.46. The Morgan fingerprint density at radius 1 is 1.25 bits per heavy atom. The molecule has 24 heavy (non-hydrogen) atoms. The lowest BCUT2D eigenvalue weighted by atomic mass is 9.89. The zero-order valence-electron chi connectivity index (χ0n) is 14.3. The van der Waals surface area contributed by atoms with E-state index in [0.29, 0.717) is 6.42 Å². The molecule has 0 fully saturated rings. The van der Waals surface area contributed by atoms with Crippen molar-refractivity contribution < 1.29 is 19.5 Å². The number of rotatable bonds is 8. The minimum absolute atomic E-state index is 0.0291. The van der Waals surface area contributed by atoms with Gasteiger partial charge in [0.2, 0.25) is 5.91 Å². The maximum absolute atomic E-state index is 12.1. The summed E-state index contributed by atoms with van der Waals surface area (Å²) in [4.78, 5) is 34.4.